The average Bonchev–Trinajstić information content (AvgIpc) is 2.91. The summed E-state index contributed by atoms with van der Waals surface area (Å²) >= 11 is 0. The maximum Gasteiger partial charge on any atom is 0.340 e. The van der Waals surface area contributed by atoms with E-state index < -0.39 is 5.97 Å². The quantitative estimate of drug-likeness (QED) is 0.566. The summed E-state index contributed by atoms with van der Waals surface area (Å²) < 4.78 is 6.37. The molecule has 0 amide bonds. The first-order chi connectivity index (χ1) is 9.70. The molecule has 0 atom stereocenters. The van der Waals surface area contributed by atoms with Crippen LogP contribution in [0.25, 0.3) is 16.7 Å². The molecule has 2 N–H and O–H groups in total. The van der Waals surface area contributed by atoms with E-state index in [0.29, 0.717) is 16.9 Å². The number of esters is 1. The normalized spacial score (nSPS) is 10.7. The third kappa shape index (κ3) is 1.87. The van der Waals surface area contributed by atoms with E-state index in [1.165, 1.54) is 7.11 Å². The molecule has 6 heteroatoms. The SMILES string of the molecule is COC(=O)c1cc(-n2nnc3ccccc32)ccc1N. The van der Waals surface area contributed by atoms with Crippen molar-refractivity contribution < 1.29 is 9.53 Å². The van der Waals surface area contributed by atoms with Gasteiger partial charge in [-0.05, 0) is 30.3 Å². The van der Waals surface area contributed by atoms with Gasteiger partial charge in [0.1, 0.15) is 5.52 Å². The van der Waals surface area contributed by atoms with Crippen LogP contribution in [0, 0.1) is 0 Å². The molecular weight excluding hydrogens is 256 g/mol. The number of nitrogens with zero attached hydrogens (tertiary/aromatic N) is 3. The second-order valence-electron chi connectivity index (χ2n) is 4.25. The van der Waals surface area contributed by atoms with E-state index in [0.717, 1.165) is 11.0 Å². The van der Waals surface area contributed by atoms with Crippen molar-refractivity contribution in [3.63, 3.8) is 0 Å². The Morgan fingerprint density at radius 2 is 2.05 bits per heavy atom. The van der Waals surface area contributed by atoms with Gasteiger partial charge < -0.3 is 10.5 Å². The number of benzene rings is 2. The summed E-state index contributed by atoms with van der Waals surface area (Å²) in [6.45, 7) is 0. The minimum Gasteiger partial charge on any atom is -0.465 e. The van der Waals surface area contributed by atoms with Crippen LogP contribution in [-0.2, 0) is 4.74 Å². The fourth-order valence-electron chi connectivity index (χ4n) is 2.02. The number of methoxy groups -OCH3 is 1. The molecule has 0 saturated heterocycles. The van der Waals surface area contributed by atoms with Crippen molar-refractivity contribution in [2.24, 2.45) is 0 Å². The van der Waals surface area contributed by atoms with Crippen LogP contribution in [0.4, 0.5) is 5.69 Å². The second kappa shape index (κ2) is 4.65. The number of anilines is 1. The third-order valence-corrected chi connectivity index (χ3v) is 3.04. The first-order valence-electron chi connectivity index (χ1n) is 5.99. The number of ether oxygens (including phenoxy) is 1. The fourth-order valence-corrected chi connectivity index (χ4v) is 2.02. The van der Waals surface area contributed by atoms with Crippen molar-refractivity contribution in [1.29, 1.82) is 0 Å². The van der Waals surface area contributed by atoms with Gasteiger partial charge in [-0.25, -0.2) is 9.48 Å². The van der Waals surface area contributed by atoms with Crippen LogP contribution in [0.1, 0.15) is 10.4 Å². The van der Waals surface area contributed by atoms with Crippen molar-refractivity contribution >= 4 is 22.7 Å². The standard InChI is InChI=1S/C14H12N4O2/c1-20-14(19)10-8-9(6-7-11(10)15)18-13-5-3-2-4-12(13)16-17-18/h2-8H,15H2,1H3. The van der Waals surface area contributed by atoms with Gasteiger partial charge in [0.15, 0.2) is 0 Å². The largest absolute Gasteiger partial charge is 0.465 e. The molecule has 1 aromatic heterocycles. The highest BCUT2D eigenvalue weighted by atomic mass is 16.5. The zero-order valence-electron chi connectivity index (χ0n) is 10.8. The highest BCUT2D eigenvalue weighted by Gasteiger charge is 2.13. The van der Waals surface area contributed by atoms with Gasteiger partial charge >= 0.3 is 5.97 Å². The first kappa shape index (κ1) is 12.2. The zero-order chi connectivity index (χ0) is 14.1. The van der Waals surface area contributed by atoms with Crippen LogP contribution in [0.3, 0.4) is 0 Å². The van der Waals surface area contributed by atoms with Crippen molar-refractivity contribution in [2.45, 2.75) is 0 Å². The molecule has 0 spiro atoms. The van der Waals surface area contributed by atoms with Crippen LogP contribution in [0.5, 0.6) is 0 Å². The van der Waals surface area contributed by atoms with Gasteiger partial charge in [-0.1, -0.05) is 17.3 Å². The van der Waals surface area contributed by atoms with Crippen LogP contribution in [-0.4, -0.2) is 28.1 Å². The molecule has 0 aliphatic carbocycles. The maximum absolute atomic E-state index is 11.7. The number of fused-ring (bicyclic) bond motifs is 1. The van der Waals surface area contributed by atoms with Crippen LogP contribution in [0.2, 0.25) is 0 Å². The van der Waals surface area contributed by atoms with E-state index in [4.69, 9.17) is 10.5 Å². The summed E-state index contributed by atoms with van der Waals surface area (Å²) in [5.74, 6) is -0.478. The molecule has 0 aliphatic rings. The molecule has 0 unspecified atom stereocenters. The zero-order valence-corrected chi connectivity index (χ0v) is 10.8. The smallest absolute Gasteiger partial charge is 0.340 e. The topological polar surface area (TPSA) is 83.0 Å². The molecule has 1 heterocycles. The van der Waals surface area contributed by atoms with Gasteiger partial charge in [-0.3, -0.25) is 0 Å². The van der Waals surface area contributed by atoms with Crippen molar-refractivity contribution in [3.05, 3.63) is 48.0 Å². The van der Waals surface area contributed by atoms with E-state index in [9.17, 15) is 4.79 Å². The summed E-state index contributed by atoms with van der Waals surface area (Å²) in [4.78, 5) is 11.7. The Morgan fingerprint density at radius 3 is 2.85 bits per heavy atom. The van der Waals surface area contributed by atoms with Gasteiger partial charge in [0.25, 0.3) is 0 Å². The summed E-state index contributed by atoms with van der Waals surface area (Å²) in [7, 11) is 1.32. The molecule has 3 aromatic rings. The summed E-state index contributed by atoms with van der Waals surface area (Å²) in [6, 6.07) is 12.6. The Kier molecular flexibility index (Phi) is 2.83. The van der Waals surface area contributed by atoms with E-state index in [2.05, 4.69) is 10.3 Å². The summed E-state index contributed by atoms with van der Waals surface area (Å²) in [5, 5.41) is 8.17. The minimum absolute atomic E-state index is 0.310. The monoisotopic (exact) mass is 268 g/mol. The number of aromatic nitrogens is 3. The highest BCUT2D eigenvalue weighted by Crippen LogP contribution is 2.21. The van der Waals surface area contributed by atoms with E-state index >= 15 is 0 Å². The molecule has 100 valence electrons. The van der Waals surface area contributed by atoms with E-state index in [1.807, 2.05) is 24.3 Å². The number of hydrogen-bond acceptors (Lipinski definition) is 5. The molecule has 20 heavy (non-hydrogen) atoms. The number of nitrogens with two attached hydrogens (primary N) is 1. The van der Waals surface area contributed by atoms with Gasteiger partial charge in [0.05, 0.1) is 23.9 Å². The summed E-state index contributed by atoms with van der Waals surface area (Å²) in [5.41, 5.74) is 8.80. The van der Waals surface area contributed by atoms with Gasteiger partial charge in [-0.15, -0.1) is 5.10 Å². The average molecular weight is 268 g/mol. The van der Waals surface area contributed by atoms with Crippen LogP contribution >= 0.6 is 0 Å². The lowest BCUT2D eigenvalue weighted by Gasteiger charge is -2.07. The number of para-hydroxylation sites is 1. The predicted molar refractivity (Wildman–Crippen MR) is 74.6 cm³/mol. The fraction of sp³-hybridized carbons (Fsp3) is 0.0714. The third-order valence-electron chi connectivity index (χ3n) is 3.04. The van der Waals surface area contributed by atoms with Crippen molar-refractivity contribution in [1.82, 2.24) is 15.0 Å². The lowest BCUT2D eigenvalue weighted by atomic mass is 10.1. The molecule has 0 radical (unpaired) electrons. The van der Waals surface area contributed by atoms with Crippen molar-refractivity contribution in [2.75, 3.05) is 12.8 Å². The number of carbonyl (C=O) groups excluding carboxylic acids is 1. The van der Waals surface area contributed by atoms with E-state index in [1.54, 1.807) is 22.9 Å². The van der Waals surface area contributed by atoms with Crippen LogP contribution < -0.4 is 5.73 Å². The molecule has 6 nitrogen and oxygen atoms in total. The minimum atomic E-state index is -0.478. The lowest BCUT2D eigenvalue weighted by Crippen LogP contribution is -2.07. The second-order valence-corrected chi connectivity index (χ2v) is 4.25. The Bertz CT molecular complexity index is 795. The first-order valence-corrected chi connectivity index (χ1v) is 5.99. The molecule has 0 aliphatic heterocycles. The Hall–Kier alpha value is -2.89. The number of rotatable bonds is 2. The molecule has 0 bridgehead atoms. The van der Waals surface area contributed by atoms with Gasteiger partial charge in [0.2, 0.25) is 0 Å². The summed E-state index contributed by atoms with van der Waals surface area (Å²) in [6.07, 6.45) is 0. The van der Waals surface area contributed by atoms with Crippen molar-refractivity contribution in [3.8, 4) is 5.69 Å². The lowest BCUT2D eigenvalue weighted by molar-refractivity contribution is 0.0602. The molecule has 0 saturated carbocycles. The molecule has 3 rings (SSSR count). The molecule has 0 fully saturated rings. The van der Waals surface area contributed by atoms with Gasteiger partial charge in [0, 0.05) is 5.69 Å². The molecule has 2 aromatic carbocycles. The van der Waals surface area contributed by atoms with Gasteiger partial charge in [-0.2, -0.15) is 0 Å². The number of hydrogen-bond donors (Lipinski definition) is 1. The molecular formula is C14H12N4O2. The Morgan fingerprint density at radius 1 is 1.25 bits per heavy atom. The Labute approximate surface area is 114 Å². The van der Waals surface area contributed by atoms with E-state index in [-0.39, 0.29) is 0 Å². The number of carbonyl (C=O) groups is 1. The highest BCUT2D eigenvalue weighted by molar-refractivity contribution is 5.95. The Balaban J connectivity index is 2.17. The maximum atomic E-state index is 11.7. The predicted octanol–water partition coefficient (Wildman–Crippen LogP) is 1.79. The number of nitrogen functional groups attached to an aromatic ring is 1. The van der Waals surface area contributed by atoms with Crippen LogP contribution in [0.15, 0.2) is 42.5 Å².